The number of carbonyl (C=O) groups is 3. The Morgan fingerprint density at radius 2 is 1.40 bits per heavy atom. The molecule has 1 unspecified atom stereocenters. The third-order valence-corrected chi connectivity index (χ3v) is 8.05. The summed E-state index contributed by atoms with van der Waals surface area (Å²) < 4.78 is 44.6. The molecule has 0 spiro atoms. The molecule has 0 aliphatic carbocycles. The van der Waals surface area contributed by atoms with E-state index in [4.69, 9.17) is 4.74 Å². The van der Waals surface area contributed by atoms with Gasteiger partial charge in [0.2, 0.25) is 0 Å². The molecule has 0 saturated heterocycles. The number of halogens is 3. The van der Waals surface area contributed by atoms with Gasteiger partial charge in [0.15, 0.2) is 0 Å². The molecule has 2 N–H and O–H groups in total. The van der Waals surface area contributed by atoms with Crippen LogP contribution in [-0.2, 0) is 35.4 Å². The van der Waals surface area contributed by atoms with Gasteiger partial charge in [-0.3, -0.25) is 9.59 Å². The first kappa shape index (κ1) is 32.1. The van der Waals surface area contributed by atoms with Gasteiger partial charge in [-0.2, -0.15) is 13.2 Å². The van der Waals surface area contributed by atoms with E-state index in [1.807, 2.05) is 42.5 Å². The molecule has 5 aromatic rings. The summed E-state index contributed by atoms with van der Waals surface area (Å²) in [6.45, 7) is 0.619. The molecule has 1 aliphatic heterocycles. The Balaban J connectivity index is 1.14. The van der Waals surface area contributed by atoms with Gasteiger partial charge >= 0.3 is 12.3 Å². The van der Waals surface area contributed by atoms with E-state index in [0.29, 0.717) is 34.5 Å². The second kappa shape index (κ2) is 13.8. The highest BCUT2D eigenvalue weighted by Crippen LogP contribution is 2.33. The molecule has 6 rings (SSSR count). The summed E-state index contributed by atoms with van der Waals surface area (Å²) in [6, 6.07) is 33.9. The number of alkyl carbamates (subject to hydrolysis) is 1. The summed E-state index contributed by atoms with van der Waals surface area (Å²) >= 11 is 0. The van der Waals surface area contributed by atoms with E-state index in [0.717, 1.165) is 28.8 Å². The number of rotatable bonds is 8. The number of amides is 3. The highest BCUT2D eigenvalue weighted by Gasteiger charge is 2.32. The first-order valence-electron chi connectivity index (χ1n) is 15.2. The molecule has 0 aromatic heterocycles. The maximum atomic E-state index is 13.8. The zero-order chi connectivity index (χ0) is 33.7. The van der Waals surface area contributed by atoms with E-state index in [-0.39, 0.29) is 19.1 Å². The van der Waals surface area contributed by atoms with Crippen LogP contribution in [-0.4, -0.2) is 22.8 Å². The number of ether oxygens (including phenoxy) is 1. The highest BCUT2D eigenvalue weighted by atomic mass is 19.4. The SMILES string of the molecule is O=C(NC(C(=O)N1Cc2ccc(NC(=O)c3ccccc3-c3ccc(C(F)(F)F)cc3)cc2C1)c1ccccc1)OCc1ccccc1. The topological polar surface area (TPSA) is 87.7 Å². The quantitative estimate of drug-likeness (QED) is 0.178. The summed E-state index contributed by atoms with van der Waals surface area (Å²) in [5, 5.41) is 5.61. The van der Waals surface area contributed by atoms with Crippen molar-refractivity contribution in [1.82, 2.24) is 10.2 Å². The van der Waals surface area contributed by atoms with E-state index in [1.54, 1.807) is 65.6 Å². The van der Waals surface area contributed by atoms with Crippen LogP contribution in [0.25, 0.3) is 11.1 Å². The lowest BCUT2D eigenvalue weighted by molar-refractivity contribution is -0.137. The normalized spacial score (nSPS) is 12.9. The lowest BCUT2D eigenvalue weighted by Gasteiger charge is -2.24. The van der Waals surface area contributed by atoms with Gasteiger partial charge in [0.1, 0.15) is 12.6 Å². The number of fused-ring (bicyclic) bond motifs is 1. The van der Waals surface area contributed by atoms with Crippen LogP contribution in [0.4, 0.5) is 23.7 Å². The van der Waals surface area contributed by atoms with Gasteiger partial charge in [-0.1, -0.05) is 97.1 Å². The molecular weight excluding hydrogens is 619 g/mol. The second-order valence-corrected chi connectivity index (χ2v) is 11.3. The molecular formula is C38H30F3N3O4. The van der Waals surface area contributed by atoms with E-state index >= 15 is 0 Å². The Morgan fingerprint density at radius 1 is 0.750 bits per heavy atom. The number of hydrogen-bond acceptors (Lipinski definition) is 4. The number of alkyl halides is 3. The molecule has 0 saturated carbocycles. The number of anilines is 1. The van der Waals surface area contributed by atoms with Crippen molar-refractivity contribution in [3.05, 3.63) is 161 Å². The summed E-state index contributed by atoms with van der Waals surface area (Å²) in [4.78, 5) is 41.6. The average Bonchev–Trinajstić information content (AvgIpc) is 3.53. The standard InChI is InChI=1S/C38H30F3N3O4/c39-38(40,41)30-18-15-26(16-19-30)32-13-7-8-14-33(32)35(45)42-31-20-17-28-22-44(23-29(28)21-31)36(46)34(27-11-5-2-6-12-27)43-37(47)48-24-25-9-3-1-4-10-25/h1-21,34H,22-24H2,(H,42,45)(H,43,47). The molecule has 3 amide bonds. The Bertz CT molecular complexity index is 1930. The molecule has 5 aromatic carbocycles. The Kier molecular flexibility index (Phi) is 9.24. The van der Waals surface area contributed by atoms with Crippen molar-refractivity contribution >= 4 is 23.6 Å². The van der Waals surface area contributed by atoms with Gasteiger partial charge in [0, 0.05) is 24.3 Å². The van der Waals surface area contributed by atoms with Gasteiger partial charge in [-0.15, -0.1) is 0 Å². The van der Waals surface area contributed by atoms with Gasteiger partial charge < -0.3 is 20.3 Å². The number of nitrogens with one attached hydrogen (secondary N) is 2. The van der Waals surface area contributed by atoms with Crippen LogP contribution in [0.15, 0.2) is 127 Å². The van der Waals surface area contributed by atoms with Gasteiger partial charge in [-0.05, 0) is 63.7 Å². The lowest BCUT2D eigenvalue weighted by Crippen LogP contribution is -2.41. The van der Waals surface area contributed by atoms with Crippen LogP contribution < -0.4 is 10.6 Å². The lowest BCUT2D eigenvalue weighted by atomic mass is 9.98. The average molecular weight is 650 g/mol. The first-order valence-corrected chi connectivity index (χ1v) is 15.2. The van der Waals surface area contributed by atoms with E-state index in [9.17, 15) is 27.6 Å². The Labute approximate surface area is 275 Å². The molecule has 0 fully saturated rings. The molecule has 1 heterocycles. The van der Waals surface area contributed by atoms with Gasteiger partial charge in [0.05, 0.1) is 5.56 Å². The Hall–Kier alpha value is -5.90. The first-order chi connectivity index (χ1) is 23.2. The largest absolute Gasteiger partial charge is 0.445 e. The number of benzene rings is 5. The molecule has 0 radical (unpaired) electrons. The zero-order valence-corrected chi connectivity index (χ0v) is 25.5. The predicted molar refractivity (Wildman–Crippen MR) is 174 cm³/mol. The third kappa shape index (κ3) is 7.39. The van der Waals surface area contributed by atoms with Crippen LogP contribution in [0.1, 0.15) is 44.2 Å². The molecule has 242 valence electrons. The van der Waals surface area contributed by atoms with E-state index in [1.165, 1.54) is 12.1 Å². The monoisotopic (exact) mass is 649 g/mol. The summed E-state index contributed by atoms with van der Waals surface area (Å²) in [6.07, 6.45) is -5.18. The predicted octanol–water partition coefficient (Wildman–Crippen LogP) is 8.13. The number of nitrogens with zero attached hydrogens (tertiary/aromatic N) is 1. The van der Waals surface area contributed by atoms with E-state index < -0.39 is 29.8 Å². The van der Waals surface area contributed by atoms with Crippen LogP contribution in [0.5, 0.6) is 0 Å². The molecule has 10 heteroatoms. The fourth-order valence-corrected chi connectivity index (χ4v) is 5.60. The highest BCUT2D eigenvalue weighted by molar-refractivity contribution is 6.08. The van der Waals surface area contributed by atoms with Crippen LogP contribution in [0.2, 0.25) is 0 Å². The number of hydrogen-bond donors (Lipinski definition) is 2. The second-order valence-electron chi connectivity index (χ2n) is 11.3. The van der Waals surface area contributed by atoms with Crippen molar-refractivity contribution in [2.45, 2.75) is 31.9 Å². The summed E-state index contributed by atoms with van der Waals surface area (Å²) in [5.41, 5.74) is 4.13. The van der Waals surface area contributed by atoms with Crippen molar-refractivity contribution in [3.8, 4) is 11.1 Å². The third-order valence-electron chi connectivity index (χ3n) is 8.05. The van der Waals surface area contributed by atoms with Gasteiger partial charge in [0.25, 0.3) is 11.8 Å². The minimum absolute atomic E-state index is 0.0564. The van der Waals surface area contributed by atoms with E-state index in [2.05, 4.69) is 10.6 Å². The van der Waals surface area contributed by atoms with Crippen molar-refractivity contribution in [2.24, 2.45) is 0 Å². The number of carbonyl (C=O) groups excluding carboxylic acids is 3. The minimum Gasteiger partial charge on any atom is -0.445 e. The van der Waals surface area contributed by atoms with Crippen LogP contribution in [0, 0.1) is 0 Å². The fraction of sp³-hybridized carbons (Fsp3) is 0.132. The molecule has 7 nitrogen and oxygen atoms in total. The van der Waals surface area contributed by atoms with Gasteiger partial charge in [-0.25, -0.2) is 4.79 Å². The van der Waals surface area contributed by atoms with Crippen molar-refractivity contribution < 1.29 is 32.3 Å². The van der Waals surface area contributed by atoms with Crippen molar-refractivity contribution in [2.75, 3.05) is 5.32 Å². The summed E-state index contributed by atoms with van der Waals surface area (Å²) in [7, 11) is 0. The van der Waals surface area contributed by atoms with Crippen molar-refractivity contribution in [3.63, 3.8) is 0 Å². The van der Waals surface area contributed by atoms with Crippen LogP contribution >= 0.6 is 0 Å². The maximum absolute atomic E-state index is 13.8. The van der Waals surface area contributed by atoms with Crippen molar-refractivity contribution in [1.29, 1.82) is 0 Å². The Morgan fingerprint density at radius 3 is 2.10 bits per heavy atom. The molecule has 1 atom stereocenters. The van der Waals surface area contributed by atoms with Crippen LogP contribution in [0.3, 0.4) is 0 Å². The maximum Gasteiger partial charge on any atom is 0.416 e. The molecule has 0 bridgehead atoms. The molecule has 1 aliphatic rings. The summed E-state index contributed by atoms with van der Waals surface area (Å²) in [5.74, 6) is -0.746. The molecule has 48 heavy (non-hydrogen) atoms. The minimum atomic E-state index is -4.46. The fourth-order valence-electron chi connectivity index (χ4n) is 5.60. The smallest absolute Gasteiger partial charge is 0.416 e. The zero-order valence-electron chi connectivity index (χ0n) is 25.5.